The zero-order valence-electron chi connectivity index (χ0n) is 12.6. The Kier molecular flexibility index (Phi) is 3.44. The topological polar surface area (TPSA) is 66.3 Å². The molecule has 0 fully saturated rings. The molecule has 0 spiro atoms. The first-order chi connectivity index (χ1) is 10.0. The summed E-state index contributed by atoms with van der Waals surface area (Å²) in [6.45, 7) is 4.06. The number of hydrogen-bond donors (Lipinski definition) is 0. The minimum absolute atomic E-state index is 0.00974. The number of halogens is 1. The number of hydrogen-bond acceptors (Lipinski definition) is 4. The average Bonchev–Trinajstić information content (AvgIpc) is 3.08. The Hall–Kier alpha value is -1.89. The highest BCUT2D eigenvalue weighted by Crippen LogP contribution is 2.26. The third-order valence-corrected chi connectivity index (χ3v) is 3.92. The second-order valence-electron chi connectivity index (χ2n) is 5.19. The zero-order chi connectivity index (χ0) is 15.1. The summed E-state index contributed by atoms with van der Waals surface area (Å²) in [7, 11) is 3.87. The van der Waals surface area contributed by atoms with E-state index in [4.69, 9.17) is 16.6 Å². The summed E-state index contributed by atoms with van der Waals surface area (Å²) in [6, 6.07) is 0.00974. The van der Waals surface area contributed by atoms with Crippen molar-refractivity contribution in [1.29, 1.82) is 0 Å². The molecule has 0 aliphatic carbocycles. The summed E-state index contributed by atoms with van der Waals surface area (Å²) in [5.74, 6) is 2.36. The van der Waals surface area contributed by atoms with Crippen LogP contribution >= 0.6 is 11.6 Å². The molecule has 0 radical (unpaired) electrons. The predicted molar refractivity (Wildman–Crippen MR) is 80.5 cm³/mol. The van der Waals surface area contributed by atoms with Gasteiger partial charge in [0.05, 0.1) is 11.7 Å². The van der Waals surface area contributed by atoms with Crippen LogP contribution in [-0.4, -0.2) is 40.0 Å². The maximum Gasteiger partial charge on any atom is 0.159 e. The van der Waals surface area contributed by atoms with E-state index in [1.165, 1.54) is 0 Å². The molecule has 0 amide bonds. The Bertz CT molecular complexity index is 782. The molecule has 3 rings (SSSR count). The standard InChI is InChI=1S/C13H18ClN7/c1-8-11-13(20(4)18-8)21(10(16-11)5-6-14)9(2)12-17-15-7-19(12)3/h7,9H,5-6H2,1-4H3. The summed E-state index contributed by atoms with van der Waals surface area (Å²) >= 11 is 5.93. The van der Waals surface area contributed by atoms with Gasteiger partial charge in [0.1, 0.15) is 17.7 Å². The highest BCUT2D eigenvalue weighted by Gasteiger charge is 2.23. The molecule has 0 aromatic carbocycles. The summed E-state index contributed by atoms with van der Waals surface area (Å²) in [5.41, 5.74) is 2.84. The van der Waals surface area contributed by atoms with Gasteiger partial charge in [-0.25, -0.2) is 4.98 Å². The second-order valence-corrected chi connectivity index (χ2v) is 5.57. The Morgan fingerprint density at radius 3 is 2.71 bits per heavy atom. The van der Waals surface area contributed by atoms with Crippen LogP contribution in [0.15, 0.2) is 6.33 Å². The predicted octanol–water partition coefficient (Wildman–Crippen LogP) is 1.60. The maximum absolute atomic E-state index is 5.93. The van der Waals surface area contributed by atoms with Crippen LogP contribution in [0.1, 0.15) is 30.3 Å². The van der Waals surface area contributed by atoms with Crippen LogP contribution in [0.25, 0.3) is 11.2 Å². The van der Waals surface area contributed by atoms with Crippen LogP contribution < -0.4 is 0 Å². The quantitative estimate of drug-likeness (QED) is 0.687. The van der Waals surface area contributed by atoms with Gasteiger partial charge in [-0.05, 0) is 13.8 Å². The zero-order valence-corrected chi connectivity index (χ0v) is 13.3. The molecule has 21 heavy (non-hydrogen) atoms. The van der Waals surface area contributed by atoms with Gasteiger partial charge >= 0.3 is 0 Å². The lowest BCUT2D eigenvalue weighted by molar-refractivity contribution is 0.551. The molecule has 0 aliphatic rings. The van der Waals surface area contributed by atoms with E-state index in [-0.39, 0.29) is 6.04 Å². The van der Waals surface area contributed by atoms with Crippen molar-refractivity contribution in [2.45, 2.75) is 26.3 Å². The number of rotatable bonds is 4. The molecule has 1 atom stereocenters. The Balaban J connectivity index is 2.24. The number of nitrogens with zero attached hydrogens (tertiary/aromatic N) is 7. The van der Waals surface area contributed by atoms with E-state index >= 15 is 0 Å². The molecule has 0 N–H and O–H groups in total. The van der Waals surface area contributed by atoms with Crippen molar-refractivity contribution in [2.24, 2.45) is 14.1 Å². The van der Waals surface area contributed by atoms with Gasteiger partial charge in [-0.15, -0.1) is 21.8 Å². The Morgan fingerprint density at radius 2 is 2.10 bits per heavy atom. The van der Waals surface area contributed by atoms with E-state index in [9.17, 15) is 0 Å². The SMILES string of the molecule is Cc1nn(C)c2c1nc(CCCl)n2C(C)c1nncn1C. The van der Waals surface area contributed by atoms with Crippen LogP contribution in [-0.2, 0) is 20.5 Å². The third kappa shape index (κ3) is 2.12. The molecule has 0 saturated heterocycles. The first-order valence-electron chi connectivity index (χ1n) is 6.84. The minimum Gasteiger partial charge on any atom is -0.319 e. The van der Waals surface area contributed by atoms with Gasteiger partial charge in [-0.3, -0.25) is 4.68 Å². The fourth-order valence-corrected chi connectivity index (χ4v) is 2.96. The number of alkyl halides is 1. The molecule has 0 aliphatic heterocycles. The molecular weight excluding hydrogens is 290 g/mol. The first-order valence-corrected chi connectivity index (χ1v) is 7.38. The van der Waals surface area contributed by atoms with Gasteiger partial charge in [0, 0.05) is 26.4 Å². The number of imidazole rings is 1. The van der Waals surface area contributed by atoms with Gasteiger partial charge in [0.25, 0.3) is 0 Å². The van der Waals surface area contributed by atoms with Crippen LogP contribution in [0, 0.1) is 6.92 Å². The van der Waals surface area contributed by atoms with Crippen molar-refractivity contribution in [2.75, 3.05) is 5.88 Å². The van der Waals surface area contributed by atoms with Gasteiger partial charge in [0.2, 0.25) is 0 Å². The lowest BCUT2D eigenvalue weighted by Crippen LogP contribution is -2.16. The van der Waals surface area contributed by atoms with Crippen LogP contribution in [0.3, 0.4) is 0 Å². The number of aryl methyl sites for hydroxylation is 4. The third-order valence-electron chi connectivity index (χ3n) is 3.73. The van der Waals surface area contributed by atoms with Gasteiger partial charge in [0.15, 0.2) is 11.5 Å². The van der Waals surface area contributed by atoms with E-state index in [1.807, 2.05) is 30.3 Å². The van der Waals surface area contributed by atoms with E-state index in [2.05, 4.69) is 26.8 Å². The molecule has 7 nitrogen and oxygen atoms in total. The van der Waals surface area contributed by atoms with Crippen molar-refractivity contribution in [3.05, 3.63) is 23.7 Å². The molecule has 0 saturated carbocycles. The van der Waals surface area contributed by atoms with Crippen molar-refractivity contribution in [3.8, 4) is 0 Å². The highest BCUT2D eigenvalue weighted by molar-refractivity contribution is 6.17. The summed E-state index contributed by atoms with van der Waals surface area (Å²) in [5, 5.41) is 12.6. The van der Waals surface area contributed by atoms with Gasteiger partial charge in [-0.2, -0.15) is 5.10 Å². The van der Waals surface area contributed by atoms with E-state index in [1.54, 1.807) is 6.33 Å². The molecular formula is C13H18ClN7. The summed E-state index contributed by atoms with van der Waals surface area (Å²) in [6.07, 6.45) is 2.41. The molecule has 1 unspecified atom stereocenters. The van der Waals surface area contributed by atoms with Crippen LogP contribution in [0.2, 0.25) is 0 Å². The van der Waals surface area contributed by atoms with Crippen molar-refractivity contribution >= 4 is 22.8 Å². The Morgan fingerprint density at radius 1 is 1.33 bits per heavy atom. The van der Waals surface area contributed by atoms with Crippen molar-refractivity contribution < 1.29 is 0 Å². The Labute approximate surface area is 127 Å². The van der Waals surface area contributed by atoms with Crippen LogP contribution in [0.4, 0.5) is 0 Å². The highest BCUT2D eigenvalue weighted by atomic mass is 35.5. The largest absolute Gasteiger partial charge is 0.319 e. The minimum atomic E-state index is 0.00974. The monoisotopic (exact) mass is 307 g/mol. The lowest BCUT2D eigenvalue weighted by Gasteiger charge is -2.16. The van der Waals surface area contributed by atoms with Crippen LogP contribution in [0.5, 0.6) is 0 Å². The number of aromatic nitrogens is 7. The summed E-state index contributed by atoms with van der Waals surface area (Å²) < 4.78 is 5.94. The fourth-order valence-electron chi connectivity index (χ4n) is 2.79. The molecule has 0 bridgehead atoms. The van der Waals surface area contributed by atoms with E-state index < -0.39 is 0 Å². The molecule has 3 heterocycles. The molecule has 3 aromatic heterocycles. The van der Waals surface area contributed by atoms with Crippen molar-refractivity contribution in [1.82, 2.24) is 34.1 Å². The molecule has 3 aromatic rings. The van der Waals surface area contributed by atoms with Gasteiger partial charge in [-0.1, -0.05) is 0 Å². The van der Waals surface area contributed by atoms with E-state index in [0.717, 1.165) is 28.5 Å². The van der Waals surface area contributed by atoms with Gasteiger partial charge < -0.3 is 9.13 Å². The van der Waals surface area contributed by atoms with Crippen molar-refractivity contribution in [3.63, 3.8) is 0 Å². The first kappa shape index (κ1) is 14.1. The smallest absolute Gasteiger partial charge is 0.159 e. The maximum atomic E-state index is 5.93. The van der Waals surface area contributed by atoms with E-state index in [0.29, 0.717) is 12.3 Å². The fraction of sp³-hybridized carbons (Fsp3) is 0.538. The lowest BCUT2D eigenvalue weighted by atomic mass is 10.3. The summed E-state index contributed by atoms with van der Waals surface area (Å²) in [4.78, 5) is 4.72. The molecule has 8 heteroatoms. The number of fused-ring (bicyclic) bond motifs is 1. The molecule has 112 valence electrons. The second kappa shape index (κ2) is 5.14. The average molecular weight is 308 g/mol. The normalized spacial score (nSPS) is 13.2.